The van der Waals surface area contributed by atoms with Crippen LogP contribution in [0.4, 0.5) is 0 Å². The van der Waals surface area contributed by atoms with Crippen molar-refractivity contribution in [3.05, 3.63) is 71.8 Å². The first-order valence-corrected chi connectivity index (χ1v) is 7.08. The van der Waals surface area contributed by atoms with Crippen molar-refractivity contribution in [2.45, 2.75) is 18.2 Å². The van der Waals surface area contributed by atoms with E-state index in [1.807, 2.05) is 60.7 Å². The first kappa shape index (κ1) is 14.6. The Hall–Kier alpha value is -1.80. The monoisotopic (exact) mass is 288 g/mol. The number of alkyl halides is 1. The average molecular weight is 289 g/mol. The predicted octanol–water partition coefficient (Wildman–Crippen LogP) is 3.99. The standard InChI is InChI=1S/C17H17ClO2/c1-2-20-17(19)16(18)15(13-9-5-3-6-10-13)14-11-7-4-8-12-14/h3-12,15-16H,2H2,1H3/t16-/m1/s1. The van der Waals surface area contributed by atoms with Crippen molar-refractivity contribution in [3.8, 4) is 0 Å². The number of halogens is 1. The lowest BCUT2D eigenvalue weighted by Crippen LogP contribution is -2.26. The first-order valence-electron chi connectivity index (χ1n) is 6.64. The molecule has 0 bridgehead atoms. The number of benzene rings is 2. The molecule has 0 aromatic heterocycles. The lowest BCUT2D eigenvalue weighted by atomic mass is 9.88. The van der Waals surface area contributed by atoms with Crippen molar-refractivity contribution in [1.29, 1.82) is 0 Å². The lowest BCUT2D eigenvalue weighted by Gasteiger charge is -2.22. The minimum Gasteiger partial charge on any atom is -0.465 e. The molecule has 104 valence electrons. The molecule has 0 saturated carbocycles. The second-order valence-electron chi connectivity index (χ2n) is 4.45. The van der Waals surface area contributed by atoms with E-state index in [1.54, 1.807) is 6.92 Å². The van der Waals surface area contributed by atoms with Gasteiger partial charge in [0.2, 0.25) is 0 Å². The van der Waals surface area contributed by atoms with Crippen LogP contribution >= 0.6 is 11.6 Å². The summed E-state index contributed by atoms with van der Waals surface area (Å²) in [4.78, 5) is 12.0. The van der Waals surface area contributed by atoms with Crippen LogP contribution in [-0.4, -0.2) is 18.0 Å². The number of hydrogen-bond donors (Lipinski definition) is 0. The van der Waals surface area contributed by atoms with Gasteiger partial charge in [0.05, 0.1) is 6.61 Å². The fraction of sp³-hybridized carbons (Fsp3) is 0.235. The van der Waals surface area contributed by atoms with Crippen molar-refractivity contribution in [2.75, 3.05) is 6.61 Å². The quantitative estimate of drug-likeness (QED) is 0.614. The molecule has 3 heteroatoms. The highest BCUT2D eigenvalue weighted by atomic mass is 35.5. The third-order valence-electron chi connectivity index (χ3n) is 3.12. The van der Waals surface area contributed by atoms with Crippen LogP contribution < -0.4 is 0 Å². The number of esters is 1. The molecule has 0 saturated heterocycles. The van der Waals surface area contributed by atoms with Crippen molar-refractivity contribution in [2.24, 2.45) is 0 Å². The van der Waals surface area contributed by atoms with Crippen LogP contribution in [0.1, 0.15) is 24.0 Å². The van der Waals surface area contributed by atoms with Crippen molar-refractivity contribution < 1.29 is 9.53 Å². The Morgan fingerprint density at radius 3 is 1.85 bits per heavy atom. The number of ether oxygens (including phenoxy) is 1. The largest absolute Gasteiger partial charge is 0.465 e. The third-order valence-corrected chi connectivity index (χ3v) is 3.55. The Bertz CT molecular complexity index is 500. The van der Waals surface area contributed by atoms with Gasteiger partial charge in [-0.3, -0.25) is 4.79 Å². The summed E-state index contributed by atoms with van der Waals surface area (Å²) in [6.07, 6.45) is 0. The zero-order valence-corrected chi connectivity index (χ0v) is 12.1. The molecule has 20 heavy (non-hydrogen) atoms. The Labute approximate surface area is 124 Å². The second-order valence-corrected chi connectivity index (χ2v) is 4.92. The van der Waals surface area contributed by atoms with E-state index in [0.29, 0.717) is 6.61 Å². The summed E-state index contributed by atoms with van der Waals surface area (Å²) in [5.74, 6) is -0.593. The number of carbonyl (C=O) groups excluding carboxylic acids is 1. The minimum atomic E-state index is -0.736. The van der Waals surface area contributed by atoms with E-state index in [9.17, 15) is 4.79 Å². The zero-order valence-electron chi connectivity index (χ0n) is 11.3. The van der Waals surface area contributed by atoms with Gasteiger partial charge in [0.1, 0.15) is 5.38 Å². The van der Waals surface area contributed by atoms with Gasteiger partial charge in [0.25, 0.3) is 0 Å². The maximum absolute atomic E-state index is 12.0. The third kappa shape index (κ3) is 3.40. The van der Waals surface area contributed by atoms with Gasteiger partial charge in [0.15, 0.2) is 0 Å². The normalized spacial score (nSPS) is 12.2. The molecule has 0 spiro atoms. The van der Waals surface area contributed by atoms with Crippen LogP contribution in [0.5, 0.6) is 0 Å². The summed E-state index contributed by atoms with van der Waals surface area (Å²) in [7, 11) is 0. The van der Waals surface area contributed by atoms with Crippen LogP contribution in [0, 0.1) is 0 Å². The summed E-state index contributed by atoms with van der Waals surface area (Å²) in [5, 5.41) is -0.736. The van der Waals surface area contributed by atoms with Gasteiger partial charge >= 0.3 is 5.97 Å². The molecule has 2 aromatic carbocycles. The SMILES string of the molecule is CCOC(=O)[C@H](Cl)C(c1ccccc1)c1ccccc1. The fourth-order valence-corrected chi connectivity index (χ4v) is 2.56. The van der Waals surface area contributed by atoms with Gasteiger partial charge in [-0.15, -0.1) is 11.6 Å². The number of hydrogen-bond acceptors (Lipinski definition) is 2. The summed E-state index contributed by atoms with van der Waals surface area (Å²) in [5.41, 5.74) is 2.01. The lowest BCUT2D eigenvalue weighted by molar-refractivity contribution is -0.142. The molecule has 2 aromatic rings. The molecule has 2 nitrogen and oxygen atoms in total. The van der Waals surface area contributed by atoms with Gasteiger partial charge in [-0.25, -0.2) is 0 Å². The van der Waals surface area contributed by atoms with Gasteiger partial charge < -0.3 is 4.74 Å². The van der Waals surface area contributed by atoms with Crippen LogP contribution in [0.25, 0.3) is 0 Å². The minimum absolute atomic E-state index is 0.210. The molecule has 2 rings (SSSR count). The van der Waals surface area contributed by atoms with E-state index in [2.05, 4.69) is 0 Å². The summed E-state index contributed by atoms with van der Waals surface area (Å²) in [6, 6.07) is 19.6. The molecule has 0 aliphatic rings. The molecular weight excluding hydrogens is 272 g/mol. The van der Waals surface area contributed by atoms with E-state index < -0.39 is 5.38 Å². The second kappa shape index (κ2) is 7.11. The van der Waals surface area contributed by atoms with Crippen LogP contribution in [0.15, 0.2) is 60.7 Å². The smallest absolute Gasteiger partial charge is 0.325 e. The molecule has 0 unspecified atom stereocenters. The molecule has 0 aliphatic heterocycles. The van der Waals surface area contributed by atoms with Crippen molar-refractivity contribution in [1.82, 2.24) is 0 Å². The highest BCUT2D eigenvalue weighted by Gasteiger charge is 2.30. The van der Waals surface area contributed by atoms with Gasteiger partial charge in [-0.1, -0.05) is 60.7 Å². The van der Waals surface area contributed by atoms with Crippen molar-refractivity contribution in [3.63, 3.8) is 0 Å². The molecule has 0 fully saturated rings. The van der Waals surface area contributed by atoms with Gasteiger partial charge in [-0.05, 0) is 18.1 Å². The highest BCUT2D eigenvalue weighted by molar-refractivity contribution is 6.30. The Morgan fingerprint density at radius 2 is 1.45 bits per heavy atom. The topological polar surface area (TPSA) is 26.3 Å². The summed E-state index contributed by atoms with van der Waals surface area (Å²) in [6.45, 7) is 2.11. The summed E-state index contributed by atoms with van der Waals surface area (Å²) < 4.78 is 5.06. The number of rotatable bonds is 5. The highest BCUT2D eigenvalue weighted by Crippen LogP contribution is 2.31. The summed E-state index contributed by atoms with van der Waals surface area (Å²) >= 11 is 6.37. The molecule has 0 amide bonds. The average Bonchev–Trinajstić information content (AvgIpc) is 2.50. The van der Waals surface area contributed by atoms with E-state index in [-0.39, 0.29) is 11.9 Å². The van der Waals surface area contributed by atoms with Crippen LogP contribution in [0.3, 0.4) is 0 Å². The fourth-order valence-electron chi connectivity index (χ4n) is 2.21. The van der Waals surface area contributed by atoms with Crippen molar-refractivity contribution >= 4 is 17.6 Å². The van der Waals surface area contributed by atoms with E-state index in [0.717, 1.165) is 11.1 Å². The molecule has 0 aliphatic carbocycles. The van der Waals surface area contributed by atoms with Gasteiger partial charge in [-0.2, -0.15) is 0 Å². The molecule has 0 N–H and O–H groups in total. The molecule has 1 atom stereocenters. The Morgan fingerprint density at radius 1 is 1.00 bits per heavy atom. The first-order chi connectivity index (χ1) is 9.74. The number of carbonyl (C=O) groups is 1. The van der Waals surface area contributed by atoms with E-state index in [4.69, 9.17) is 16.3 Å². The predicted molar refractivity (Wildman–Crippen MR) is 81.0 cm³/mol. The molecule has 0 radical (unpaired) electrons. The molecular formula is C17H17ClO2. The van der Waals surface area contributed by atoms with Gasteiger partial charge in [0, 0.05) is 5.92 Å². The van der Waals surface area contributed by atoms with E-state index in [1.165, 1.54) is 0 Å². The maximum atomic E-state index is 12.0. The van der Waals surface area contributed by atoms with Crippen LogP contribution in [0.2, 0.25) is 0 Å². The Kier molecular flexibility index (Phi) is 5.19. The maximum Gasteiger partial charge on any atom is 0.325 e. The zero-order chi connectivity index (χ0) is 14.4. The molecule has 0 heterocycles. The Balaban J connectivity index is 2.37. The van der Waals surface area contributed by atoms with E-state index >= 15 is 0 Å². The van der Waals surface area contributed by atoms with Crippen LogP contribution in [-0.2, 0) is 9.53 Å².